The van der Waals surface area contributed by atoms with Crippen LogP contribution in [0.3, 0.4) is 0 Å². The zero-order valence-corrected chi connectivity index (χ0v) is 9.58. The molecule has 0 bridgehead atoms. The zero-order chi connectivity index (χ0) is 11.8. The Balaban J connectivity index is 2.34. The summed E-state index contributed by atoms with van der Waals surface area (Å²) in [5, 5.41) is 8.70. The molecular weight excluding hydrogens is 206 g/mol. The highest BCUT2D eigenvalue weighted by Crippen LogP contribution is 2.06. The van der Waals surface area contributed by atoms with Crippen molar-refractivity contribution in [2.24, 2.45) is 0 Å². The van der Waals surface area contributed by atoms with Crippen LogP contribution in [0.1, 0.15) is 13.3 Å². The Morgan fingerprint density at radius 2 is 2.12 bits per heavy atom. The molecule has 0 saturated carbocycles. The van der Waals surface area contributed by atoms with Crippen LogP contribution in [0.4, 0.5) is 11.6 Å². The zero-order valence-electron chi connectivity index (χ0n) is 9.58. The van der Waals surface area contributed by atoms with Crippen molar-refractivity contribution in [3.8, 4) is 0 Å². The van der Waals surface area contributed by atoms with Crippen LogP contribution in [-0.2, 0) is 4.79 Å². The Bertz CT molecular complexity index is 342. The largest absolute Gasteiger partial charge is 0.373 e. The van der Waals surface area contributed by atoms with Crippen molar-refractivity contribution in [1.29, 1.82) is 0 Å². The van der Waals surface area contributed by atoms with Crippen LogP contribution < -0.4 is 16.0 Å². The fourth-order valence-electron chi connectivity index (χ4n) is 1.18. The number of carbonyl (C=O) groups excluding carboxylic acids is 1. The van der Waals surface area contributed by atoms with Crippen molar-refractivity contribution in [2.45, 2.75) is 13.3 Å². The molecule has 0 radical (unpaired) electrons. The van der Waals surface area contributed by atoms with E-state index in [0.717, 1.165) is 5.82 Å². The van der Waals surface area contributed by atoms with Gasteiger partial charge in [0.15, 0.2) is 0 Å². The average Bonchev–Trinajstić information content (AvgIpc) is 2.30. The molecule has 1 aromatic heterocycles. The Hall–Kier alpha value is -1.85. The third-order valence-electron chi connectivity index (χ3n) is 1.96. The predicted octanol–water partition coefficient (Wildman–Crippen LogP) is 0.456. The first-order valence-electron chi connectivity index (χ1n) is 5.26. The average molecular weight is 223 g/mol. The number of anilines is 2. The lowest BCUT2D eigenvalue weighted by Gasteiger charge is -2.06. The summed E-state index contributed by atoms with van der Waals surface area (Å²) < 4.78 is 0. The molecule has 1 amide bonds. The molecule has 0 atom stereocenters. The van der Waals surface area contributed by atoms with Crippen molar-refractivity contribution < 1.29 is 4.79 Å². The van der Waals surface area contributed by atoms with Crippen LogP contribution in [0, 0.1) is 0 Å². The summed E-state index contributed by atoms with van der Waals surface area (Å²) in [6.07, 6.45) is 1.91. The smallest absolute Gasteiger partial charge is 0.221 e. The van der Waals surface area contributed by atoms with Crippen molar-refractivity contribution in [1.82, 2.24) is 15.3 Å². The first kappa shape index (κ1) is 12.2. The van der Waals surface area contributed by atoms with Crippen molar-refractivity contribution >= 4 is 17.5 Å². The molecule has 16 heavy (non-hydrogen) atoms. The minimum Gasteiger partial charge on any atom is -0.373 e. The molecule has 0 aliphatic rings. The Morgan fingerprint density at radius 1 is 1.38 bits per heavy atom. The molecule has 0 aliphatic heterocycles. The van der Waals surface area contributed by atoms with E-state index in [1.165, 1.54) is 6.33 Å². The molecule has 1 aromatic rings. The molecule has 0 spiro atoms. The summed E-state index contributed by atoms with van der Waals surface area (Å²) in [6, 6.07) is 1.79. The fourth-order valence-corrected chi connectivity index (χ4v) is 1.18. The van der Waals surface area contributed by atoms with E-state index in [1.807, 2.05) is 6.92 Å². The molecule has 6 heteroatoms. The molecule has 0 saturated heterocycles. The van der Waals surface area contributed by atoms with E-state index in [1.54, 1.807) is 13.1 Å². The summed E-state index contributed by atoms with van der Waals surface area (Å²) in [4.78, 5) is 19.2. The van der Waals surface area contributed by atoms with E-state index in [2.05, 4.69) is 25.9 Å². The van der Waals surface area contributed by atoms with Gasteiger partial charge in [0.2, 0.25) is 5.91 Å². The van der Waals surface area contributed by atoms with Crippen LogP contribution in [0.15, 0.2) is 12.4 Å². The number of hydrogen-bond acceptors (Lipinski definition) is 5. The number of amides is 1. The molecule has 88 valence electrons. The van der Waals surface area contributed by atoms with Crippen LogP contribution in [0.5, 0.6) is 0 Å². The normalized spacial score (nSPS) is 9.62. The third-order valence-corrected chi connectivity index (χ3v) is 1.96. The second kappa shape index (κ2) is 6.60. The van der Waals surface area contributed by atoms with Crippen molar-refractivity contribution in [2.75, 3.05) is 30.8 Å². The van der Waals surface area contributed by atoms with Gasteiger partial charge in [-0.1, -0.05) is 0 Å². The topological polar surface area (TPSA) is 78.9 Å². The van der Waals surface area contributed by atoms with E-state index in [4.69, 9.17) is 0 Å². The van der Waals surface area contributed by atoms with Crippen molar-refractivity contribution in [3.05, 3.63) is 12.4 Å². The third kappa shape index (κ3) is 4.12. The second-order valence-corrected chi connectivity index (χ2v) is 3.17. The standard InChI is InChI=1S/C10H17N5O/c1-3-12-10(16)4-5-13-9-6-8(11-2)14-7-15-9/h6-7H,3-5H2,1-2H3,(H,12,16)(H2,11,13,14,15). The maximum absolute atomic E-state index is 11.2. The van der Waals surface area contributed by atoms with Crippen molar-refractivity contribution in [3.63, 3.8) is 0 Å². The highest BCUT2D eigenvalue weighted by Gasteiger charge is 2.00. The molecule has 0 aromatic carbocycles. The summed E-state index contributed by atoms with van der Waals surface area (Å²) in [7, 11) is 1.79. The van der Waals surface area contributed by atoms with E-state index in [9.17, 15) is 4.79 Å². The molecule has 6 nitrogen and oxygen atoms in total. The number of nitrogens with zero attached hydrogens (tertiary/aromatic N) is 2. The fraction of sp³-hybridized carbons (Fsp3) is 0.500. The van der Waals surface area contributed by atoms with Gasteiger partial charge in [0.25, 0.3) is 0 Å². The van der Waals surface area contributed by atoms with Gasteiger partial charge in [-0.15, -0.1) is 0 Å². The molecule has 1 rings (SSSR count). The Morgan fingerprint density at radius 3 is 2.81 bits per heavy atom. The predicted molar refractivity (Wildman–Crippen MR) is 63.4 cm³/mol. The van der Waals surface area contributed by atoms with Gasteiger partial charge >= 0.3 is 0 Å². The summed E-state index contributed by atoms with van der Waals surface area (Å²) in [5.74, 6) is 1.50. The summed E-state index contributed by atoms with van der Waals surface area (Å²) >= 11 is 0. The minimum atomic E-state index is 0.0397. The SMILES string of the molecule is CCNC(=O)CCNc1cc(NC)ncn1. The molecule has 0 fully saturated rings. The first-order chi connectivity index (χ1) is 7.76. The monoisotopic (exact) mass is 223 g/mol. The summed E-state index contributed by atoms with van der Waals surface area (Å²) in [6.45, 7) is 3.12. The lowest BCUT2D eigenvalue weighted by molar-refractivity contribution is -0.120. The molecule has 0 aliphatic carbocycles. The summed E-state index contributed by atoms with van der Waals surface area (Å²) in [5.41, 5.74) is 0. The maximum Gasteiger partial charge on any atom is 0.221 e. The minimum absolute atomic E-state index is 0.0397. The van der Waals surface area contributed by atoms with Gasteiger partial charge in [0, 0.05) is 32.6 Å². The van der Waals surface area contributed by atoms with Gasteiger partial charge in [-0.25, -0.2) is 9.97 Å². The van der Waals surface area contributed by atoms with Gasteiger partial charge in [-0.3, -0.25) is 4.79 Å². The maximum atomic E-state index is 11.2. The molecule has 1 heterocycles. The number of carbonyl (C=O) groups is 1. The van der Waals surface area contributed by atoms with Gasteiger partial charge in [0.05, 0.1) is 0 Å². The molecule has 0 unspecified atom stereocenters. The van der Waals surface area contributed by atoms with E-state index >= 15 is 0 Å². The highest BCUT2D eigenvalue weighted by molar-refractivity contribution is 5.76. The Kier molecular flexibility index (Phi) is 5.04. The number of aromatic nitrogens is 2. The van der Waals surface area contributed by atoms with E-state index < -0.39 is 0 Å². The Labute approximate surface area is 94.9 Å². The number of rotatable bonds is 6. The quantitative estimate of drug-likeness (QED) is 0.653. The molecular formula is C10H17N5O. The second-order valence-electron chi connectivity index (χ2n) is 3.17. The number of nitrogens with one attached hydrogen (secondary N) is 3. The van der Waals surface area contributed by atoms with Crippen LogP contribution in [-0.4, -0.2) is 36.0 Å². The van der Waals surface area contributed by atoms with Gasteiger partial charge in [-0.2, -0.15) is 0 Å². The van der Waals surface area contributed by atoms with Crippen LogP contribution in [0.25, 0.3) is 0 Å². The van der Waals surface area contributed by atoms with E-state index in [-0.39, 0.29) is 5.91 Å². The van der Waals surface area contributed by atoms with Crippen LogP contribution in [0.2, 0.25) is 0 Å². The lowest BCUT2D eigenvalue weighted by atomic mass is 10.4. The van der Waals surface area contributed by atoms with Gasteiger partial charge < -0.3 is 16.0 Å². The molecule has 3 N–H and O–H groups in total. The van der Waals surface area contributed by atoms with Crippen LogP contribution >= 0.6 is 0 Å². The van der Waals surface area contributed by atoms with Gasteiger partial charge in [0.1, 0.15) is 18.0 Å². The highest BCUT2D eigenvalue weighted by atomic mass is 16.1. The first-order valence-corrected chi connectivity index (χ1v) is 5.26. The lowest BCUT2D eigenvalue weighted by Crippen LogP contribution is -2.24. The van der Waals surface area contributed by atoms with Gasteiger partial charge in [-0.05, 0) is 6.92 Å². The number of hydrogen-bond donors (Lipinski definition) is 3. The van der Waals surface area contributed by atoms with E-state index in [0.29, 0.717) is 25.3 Å².